The van der Waals surface area contributed by atoms with Crippen molar-refractivity contribution in [2.45, 2.75) is 52.4 Å². The minimum absolute atomic E-state index is 0.461. The van der Waals surface area contributed by atoms with Crippen LogP contribution >= 0.6 is 0 Å². The highest BCUT2D eigenvalue weighted by Gasteiger charge is 2.04. The fraction of sp³-hybridized carbons (Fsp3) is 0.667. The lowest BCUT2D eigenvalue weighted by Crippen LogP contribution is -2.03. The predicted molar refractivity (Wildman–Crippen MR) is 78.7 cm³/mol. The number of aromatic nitrogens is 1. The molecule has 19 heavy (non-hydrogen) atoms. The zero-order valence-corrected chi connectivity index (χ0v) is 12.2. The first-order valence-electron chi connectivity index (χ1n) is 7.30. The standard InChI is InChI=1S/C15H26N2O2/c1-3-5-6-7-8-9-12-19-14-11-10-13(16)15(17-14)18-4-2/h10-11H,3-9,12,16H2,1-2H3. The van der Waals surface area contributed by atoms with Gasteiger partial charge in [-0.1, -0.05) is 39.0 Å². The molecule has 0 saturated carbocycles. The van der Waals surface area contributed by atoms with Crippen LogP contribution in [-0.2, 0) is 0 Å². The maximum Gasteiger partial charge on any atom is 0.240 e. The molecule has 4 heteroatoms. The number of nitrogen functional groups attached to an aromatic ring is 1. The molecule has 0 radical (unpaired) electrons. The van der Waals surface area contributed by atoms with Gasteiger partial charge in [-0.3, -0.25) is 0 Å². The highest BCUT2D eigenvalue weighted by molar-refractivity contribution is 5.49. The molecule has 0 aliphatic carbocycles. The SMILES string of the molecule is CCCCCCCCOc1ccc(N)c(OCC)n1. The summed E-state index contributed by atoms with van der Waals surface area (Å²) in [6.45, 7) is 5.39. The van der Waals surface area contributed by atoms with Crippen molar-refractivity contribution in [3.63, 3.8) is 0 Å². The Morgan fingerprint density at radius 3 is 2.47 bits per heavy atom. The van der Waals surface area contributed by atoms with Gasteiger partial charge in [0.05, 0.1) is 18.9 Å². The molecule has 1 aromatic rings. The van der Waals surface area contributed by atoms with Gasteiger partial charge in [0.1, 0.15) is 0 Å². The predicted octanol–water partition coefficient (Wildman–Crippen LogP) is 3.80. The van der Waals surface area contributed by atoms with Crippen molar-refractivity contribution in [2.75, 3.05) is 18.9 Å². The summed E-state index contributed by atoms with van der Waals surface area (Å²) in [5.41, 5.74) is 6.31. The Balaban J connectivity index is 2.23. The average Bonchev–Trinajstić information content (AvgIpc) is 2.41. The summed E-state index contributed by atoms with van der Waals surface area (Å²) in [5.74, 6) is 1.05. The van der Waals surface area contributed by atoms with Crippen LogP contribution in [0, 0.1) is 0 Å². The lowest BCUT2D eigenvalue weighted by Gasteiger charge is -2.09. The molecule has 0 amide bonds. The lowest BCUT2D eigenvalue weighted by molar-refractivity contribution is 0.280. The summed E-state index contributed by atoms with van der Waals surface area (Å²) in [7, 11) is 0. The minimum atomic E-state index is 0.461. The Bertz CT molecular complexity index is 356. The molecule has 108 valence electrons. The monoisotopic (exact) mass is 266 g/mol. The highest BCUT2D eigenvalue weighted by atomic mass is 16.5. The van der Waals surface area contributed by atoms with Crippen molar-refractivity contribution in [3.05, 3.63) is 12.1 Å². The average molecular weight is 266 g/mol. The number of rotatable bonds is 10. The van der Waals surface area contributed by atoms with Crippen LogP contribution in [0.1, 0.15) is 52.4 Å². The first kappa shape index (κ1) is 15.6. The molecule has 0 saturated heterocycles. The number of pyridine rings is 1. The molecule has 0 unspecified atom stereocenters. The van der Waals surface area contributed by atoms with Crippen LogP contribution in [0.4, 0.5) is 5.69 Å². The van der Waals surface area contributed by atoms with Crippen LogP contribution in [0.5, 0.6) is 11.8 Å². The van der Waals surface area contributed by atoms with Crippen LogP contribution in [0.2, 0.25) is 0 Å². The number of hydrogen-bond donors (Lipinski definition) is 1. The van der Waals surface area contributed by atoms with E-state index < -0.39 is 0 Å². The van der Waals surface area contributed by atoms with E-state index >= 15 is 0 Å². The molecule has 0 atom stereocenters. The Labute approximate surface area is 116 Å². The van der Waals surface area contributed by atoms with Crippen LogP contribution in [0.15, 0.2) is 12.1 Å². The fourth-order valence-electron chi connectivity index (χ4n) is 1.83. The number of anilines is 1. The molecule has 4 nitrogen and oxygen atoms in total. The van der Waals surface area contributed by atoms with Crippen LogP contribution < -0.4 is 15.2 Å². The van der Waals surface area contributed by atoms with Gasteiger partial charge in [0.15, 0.2) is 0 Å². The Morgan fingerprint density at radius 2 is 1.74 bits per heavy atom. The van der Waals surface area contributed by atoms with Crippen molar-refractivity contribution in [1.82, 2.24) is 4.98 Å². The molecule has 0 aromatic carbocycles. The number of ether oxygens (including phenoxy) is 2. The lowest BCUT2D eigenvalue weighted by atomic mass is 10.1. The van der Waals surface area contributed by atoms with E-state index in [1.54, 1.807) is 12.1 Å². The molecule has 1 rings (SSSR count). The summed E-state index contributed by atoms with van der Waals surface area (Å²) >= 11 is 0. The Morgan fingerprint density at radius 1 is 1.00 bits per heavy atom. The van der Waals surface area contributed by atoms with E-state index in [1.165, 1.54) is 32.1 Å². The Kier molecular flexibility index (Phi) is 7.78. The molecular weight excluding hydrogens is 240 g/mol. The van der Waals surface area contributed by atoms with Crippen molar-refractivity contribution >= 4 is 5.69 Å². The highest BCUT2D eigenvalue weighted by Crippen LogP contribution is 2.22. The van der Waals surface area contributed by atoms with Gasteiger partial charge in [-0.15, -0.1) is 0 Å². The van der Waals surface area contributed by atoms with E-state index in [-0.39, 0.29) is 0 Å². The Hall–Kier alpha value is -1.45. The molecule has 0 spiro atoms. The number of nitrogens with two attached hydrogens (primary N) is 1. The van der Waals surface area contributed by atoms with Gasteiger partial charge in [-0.05, 0) is 19.4 Å². The summed E-state index contributed by atoms with van der Waals surface area (Å²) in [4.78, 5) is 4.24. The van der Waals surface area contributed by atoms with Gasteiger partial charge >= 0.3 is 0 Å². The third kappa shape index (κ3) is 6.32. The molecule has 0 bridgehead atoms. The topological polar surface area (TPSA) is 57.4 Å². The minimum Gasteiger partial charge on any atom is -0.478 e. The molecule has 2 N–H and O–H groups in total. The summed E-state index contributed by atoms with van der Waals surface area (Å²) in [6, 6.07) is 3.56. The van der Waals surface area contributed by atoms with E-state index in [9.17, 15) is 0 Å². The second-order valence-corrected chi connectivity index (χ2v) is 4.59. The van der Waals surface area contributed by atoms with Crippen LogP contribution in [0.25, 0.3) is 0 Å². The van der Waals surface area contributed by atoms with Crippen LogP contribution in [0.3, 0.4) is 0 Å². The third-order valence-corrected chi connectivity index (χ3v) is 2.89. The summed E-state index contributed by atoms with van der Waals surface area (Å²) in [6.07, 6.45) is 7.51. The maximum absolute atomic E-state index is 5.76. The zero-order valence-electron chi connectivity index (χ0n) is 12.2. The molecule has 0 aliphatic rings. The van der Waals surface area contributed by atoms with Gasteiger partial charge in [0.2, 0.25) is 11.8 Å². The third-order valence-electron chi connectivity index (χ3n) is 2.89. The van der Waals surface area contributed by atoms with E-state index in [4.69, 9.17) is 15.2 Å². The van der Waals surface area contributed by atoms with Gasteiger partial charge in [0.25, 0.3) is 0 Å². The maximum atomic E-state index is 5.76. The first-order chi connectivity index (χ1) is 9.27. The van der Waals surface area contributed by atoms with Gasteiger partial charge in [0, 0.05) is 6.07 Å². The second kappa shape index (κ2) is 9.48. The first-order valence-corrected chi connectivity index (χ1v) is 7.30. The van der Waals surface area contributed by atoms with Gasteiger partial charge < -0.3 is 15.2 Å². The molecular formula is C15H26N2O2. The fourth-order valence-corrected chi connectivity index (χ4v) is 1.83. The van der Waals surface area contributed by atoms with Gasteiger partial charge in [-0.25, -0.2) is 0 Å². The molecule has 0 aliphatic heterocycles. The largest absolute Gasteiger partial charge is 0.478 e. The molecule has 0 fully saturated rings. The smallest absolute Gasteiger partial charge is 0.240 e. The summed E-state index contributed by atoms with van der Waals surface area (Å²) in [5, 5.41) is 0. The van der Waals surface area contributed by atoms with Crippen LogP contribution in [-0.4, -0.2) is 18.2 Å². The number of hydrogen-bond acceptors (Lipinski definition) is 4. The molecule has 1 aromatic heterocycles. The van der Waals surface area contributed by atoms with E-state index in [1.807, 2.05) is 6.92 Å². The van der Waals surface area contributed by atoms with Crippen molar-refractivity contribution in [3.8, 4) is 11.8 Å². The normalized spacial score (nSPS) is 10.4. The zero-order chi connectivity index (χ0) is 13.9. The quantitative estimate of drug-likeness (QED) is 0.654. The number of unbranched alkanes of at least 4 members (excludes halogenated alkanes) is 5. The van der Waals surface area contributed by atoms with Gasteiger partial charge in [-0.2, -0.15) is 4.98 Å². The van der Waals surface area contributed by atoms with E-state index in [2.05, 4.69) is 11.9 Å². The molecule has 1 heterocycles. The number of nitrogens with zero attached hydrogens (tertiary/aromatic N) is 1. The van der Waals surface area contributed by atoms with E-state index in [0.29, 0.717) is 30.7 Å². The van der Waals surface area contributed by atoms with Crippen molar-refractivity contribution < 1.29 is 9.47 Å². The van der Waals surface area contributed by atoms with Crippen molar-refractivity contribution in [1.29, 1.82) is 0 Å². The van der Waals surface area contributed by atoms with Crippen molar-refractivity contribution in [2.24, 2.45) is 0 Å². The second-order valence-electron chi connectivity index (χ2n) is 4.59. The summed E-state index contributed by atoms with van der Waals surface area (Å²) < 4.78 is 10.9. The van der Waals surface area contributed by atoms with E-state index in [0.717, 1.165) is 6.42 Å².